The van der Waals surface area contributed by atoms with Crippen molar-refractivity contribution in [2.75, 3.05) is 0 Å². The molecule has 1 heterocycles. The molecule has 0 aliphatic rings. The van der Waals surface area contributed by atoms with Crippen LogP contribution in [0.2, 0.25) is 0 Å². The summed E-state index contributed by atoms with van der Waals surface area (Å²) in [6, 6.07) is 42.2. The summed E-state index contributed by atoms with van der Waals surface area (Å²) in [6.07, 6.45) is 0.823. The molecule has 0 bridgehead atoms. The predicted octanol–water partition coefficient (Wildman–Crippen LogP) is 4.86. The van der Waals surface area contributed by atoms with Crippen LogP contribution in [-0.2, 0) is 6.42 Å². The summed E-state index contributed by atoms with van der Waals surface area (Å²) in [7, 11) is 32.6. The standard InChI is InChI=1S/C41H25B5N2/c1-2-33-47-31-14-8-9-15-32(31)48(33)26-19-16-24(17-20-26)34-27-12-6-7-13-28(27)35(36-37(42)39(44)41(46)40(45)38(36)43)30-22-25(18-21-29(30)34)23-10-4-3-5-11-23/h3-22H,2H2,1H3. The van der Waals surface area contributed by atoms with E-state index in [1.165, 1.54) is 0 Å². The number of nitrogens with zero attached hydrogens (tertiary/aromatic N) is 2. The molecular formula is C41H25B5N2. The zero-order chi connectivity index (χ0) is 33.1. The van der Waals surface area contributed by atoms with Crippen LogP contribution in [0, 0.1) is 0 Å². The highest BCUT2D eigenvalue weighted by molar-refractivity contribution is 6.69. The molecule has 7 aromatic carbocycles. The van der Waals surface area contributed by atoms with Crippen LogP contribution in [0.3, 0.4) is 0 Å². The van der Waals surface area contributed by atoms with Gasteiger partial charge >= 0.3 is 0 Å². The van der Waals surface area contributed by atoms with Gasteiger partial charge in [-0.1, -0.05) is 109 Å². The average Bonchev–Trinajstić information content (AvgIpc) is 3.52. The van der Waals surface area contributed by atoms with Gasteiger partial charge in [-0.15, -0.1) is 16.4 Å². The lowest BCUT2D eigenvalue weighted by atomic mass is 9.59. The molecule has 0 atom stereocenters. The van der Waals surface area contributed by atoms with Gasteiger partial charge < -0.3 is 0 Å². The normalized spacial score (nSPS) is 11.5. The van der Waals surface area contributed by atoms with Crippen LogP contribution in [0.15, 0.2) is 121 Å². The summed E-state index contributed by atoms with van der Waals surface area (Å²) >= 11 is 0. The minimum absolute atomic E-state index is 0.195. The van der Waals surface area contributed by atoms with Gasteiger partial charge in [-0.2, -0.15) is 0 Å². The Balaban J connectivity index is 1.44. The van der Waals surface area contributed by atoms with Crippen molar-refractivity contribution in [2.45, 2.75) is 13.3 Å². The van der Waals surface area contributed by atoms with Gasteiger partial charge in [0.05, 0.1) is 11.0 Å². The zero-order valence-electron chi connectivity index (χ0n) is 26.5. The molecule has 0 N–H and O–H groups in total. The van der Waals surface area contributed by atoms with E-state index in [0.717, 1.165) is 78.3 Å². The number of imidazole rings is 1. The molecule has 10 radical (unpaired) electrons. The fourth-order valence-corrected chi connectivity index (χ4v) is 7.07. The van der Waals surface area contributed by atoms with E-state index in [1.54, 1.807) is 0 Å². The number of fused-ring (bicyclic) bond motifs is 3. The van der Waals surface area contributed by atoms with E-state index >= 15 is 0 Å². The van der Waals surface area contributed by atoms with Crippen molar-refractivity contribution in [1.29, 1.82) is 0 Å². The highest BCUT2D eigenvalue weighted by Gasteiger charge is 2.21. The summed E-state index contributed by atoms with van der Waals surface area (Å²) in [5.41, 5.74) is 10.2. The maximum atomic E-state index is 6.74. The Morgan fingerprint density at radius 2 is 1.04 bits per heavy atom. The fourth-order valence-electron chi connectivity index (χ4n) is 7.07. The van der Waals surface area contributed by atoms with Gasteiger partial charge in [-0.25, -0.2) is 4.98 Å². The Labute approximate surface area is 287 Å². The first-order chi connectivity index (χ1) is 23.4. The third-order valence-corrected chi connectivity index (χ3v) is 9.44. The molecule has 0 saturated carbocycles. The lowest BCUT2D eigenvalue weighted by molar-refractivity contribution is 0.908. The highest BCUT2D eigenvalue weighted by Crippen LogP contribution is 2.44. The number of benzene rings is 7. The Hall–Kier alpha value is -5.15. The first-order valence-electron chi connectivity index (χ1n) is 16.0. The monoisotopic (exact) mass is 600 g/mol. The maximum Gasteiger partial charge on any atom is 0.114 e. The lowest BCUT2D eigenvalue weighted by Crippen LogP contribution is -2.55. The Morgan fingerprint density at radius 3 is 1.73 bits per heavy atom. The molecule has 0 amide bonds. The van der Waals surface area contributed by atoms with Crippen LogP contribution >= 0.6 is 0 Å². The second-order valence-electron chi connectivity index (χ2n) is 12.1. The number of para-hydroxylation sites is 2. The van der Waals surface area contributed by atoms with Crippen molar-refractivity contribution in [3.05, 3.63) is 127 Å². The van der Waals surface area contributed by atoms with E-state index < -0.39 is 0 Å². The van der Waals surface area contributed by atoms with Gasteiger partial charge in [0.15, 0.2) is 0 Å². The van der Waals surface area contributed by atoms with Crippen molar-refractivity contribution < 1.29 is 0 Å². The molecule has 8 aromatic rings. The third kappa shape index (κ3) is 4.67. The SMILES string of the molecule is [B]c1c([B])c([B])c(-c2c3ccccc3c(-c3ccc(-n4c(CC)nc5ccccc54)cc3)c3ccc(-c4ccccc4)cc23)c([B])c1[B]. The third-order valence-electron chi connectivity index (χ3n) is 9.44. The smallest absolute Gasteiger partial charge is 0.114 e. The number of hydrogen-bond donors (Lipinski definition) is 0. The molecule has 7 heteroatoms. The van der Waals surface area contributed by atoms with Crippen molar-refractivity contribution in [3.8, 4) is 39.1 Å². The van der Waals surface area contributed by atoms with E-state index in [-0.39, 0.29) is 16.4 Å². The van der Waals surface area contributed by atoms with Crippen molar-refractivity contribution in [2.24, 2.45) is 0 Å². The lowest BCUT2D eigenvalue weighted by Gasteiger charge is -2.25. The van der Waals surface area contributed by atoms with Gasteiger partial charge in [-0.3, -0.25) is 4.57 Å². The quantitative estimate of drug-likeness (QED) is 0.204. The average molecular weight is 600 g/mol. The number of hydrogen-bond acceptors (Lipinski definition) is 1. The first-order valence-corrected chi connectivity index (χ1v) is 16.0. The molecule has 0 fully saturated rings. The Bertz CT molecular complexity index is 2510. The highest BCUT2D eigenvalue weighted by atomic mass is 15.1. The molecule has 1 aromatic heterocycles. The molecule has 0 unspecified atom stereocenters. The molecule has 0 aliphatic heterocycles. The van der Waals surface area contributed by atoms with Crippen molar-refractivity contribution in [1.82, 2.24) is 9.55 Å². The molecule has 0 spiro atoms. The predicted molar refractivity (Wildman–Crippen MR) is 209 cm³/mol. The van der Waals surface area contributed by atoms with Crippen LogP contribution in [0.5, 0.6) is 0 Å². The summed E-state index contributed by atoms with van der Waals surface area (Å²) in [4.78, 5) is 4.89. The molecular weight excluding hydrogens is 575 g/mol. The topological polar surface area (TPSA) is 17.8 Å². The molecule has 0 aliphatic carbocycles. The van der Waals surface area contributed by atoms with Crippen molar-refractivity contribution >= 4 is 99.1 Å². The van der Waals surface area contributed by atoms with E-state index in [1.807, 2.05) is 30.3 Å². The number of rotatable bonds is 5. The number of aryl methyl sites for hydroxylation is 1. The van der Waals surface area contributed by atoms with E-state index in [2.05, 4.69) is 102 Å². The van der Waals surface area contributed by atoms with Gasteiger partial charge in [0, 0.05) is 12.1 Å². The molecule has 0 saturated heterocycles. The second kappa shape index (κ2) is 11.8. The van der Waals surface area contributed by atoms with E-state index in [4.69, 9.17) is 44.2 Å². The summed E-state index contributed by atoms with van der Waals surface area (Å²) in [6.45, 7) is 2.14. The minimum atomic E-state index is 0.195. The maximum absolute atomic E-state index is 6.74. The second-order valence-corrected chi connectivity index (χ2v) is 12.1. The largest absolute Gasteiger partial charge is 0.296 e. The van der Waals surface area contributed by atoms with Gasteiger partial charge in [0.2, 0.25) is 0 Å². The van der Waals surface area contributed by atoms with Crippen LogP contribution in [0.25, 0.3) is 71.6 Å². The van der Waals surface area contributed by atoms with Gasteiger partial charge in [0.1, 0.15) is 45.1 Å². The fraction of sp³-hybridized carbons (Fsp3) is 0.0488. The van der Waals surface area contributed by atoms with Crippen LogP contribution in [0.4, 0.5) is 0 Å². The minimum Gasteiger partial charge on any atom is -0.296 e. The Kier molecular flexibility index (Phi) is 7.44. The van der Waals surface area contributed by atoms with Crippen molar-refractivity contribution in [3.63, 3.8) is 0 Å². The summed E-state index contributed by atoms with van der Waals surface area (Å²) in [5, 5.41) is 4.05. The van der Waals surface area contributed by atoms with Crippen LogP contribution in [0.1, 0.15) is 12.7 Å². The first kappa shape index (κ1) is 30.2. The molecule has 214 valence electrons. The van der Waals surface area contributed by atoms with Gasteiger partial charge in [0.25, 0.3) is 0 Å². The van der Waals surface area contributed by atoms with E-state index in [9.17, 15) is 0 Å². The molecule has 2 nitrogen and oxygen atoms in total. The Morgan fingerprint density at radius 1 is 0.479 bits per heavy atom. The molecule has 48 heavy (non-hydrogen) atoms. The van der Waals surface area contributed by atoms with Crippen LogP contribution in [-0.4, -0.2) is 48.8 Å². The van der Waals surface area contributed by atoms with Crippen LogP contribution < -0.4 is 27.3 Å². The zero-order valence-corrected chi connectivity index (χ0v) is 26.5. The molecule has 8 rings (SSSR count). The summed E-state index contributed by atoms with van der Waals surface area (Å²) in [5.74, 6) is 1.02. The summed E-state index contributed by atoms with van der Waals surface area (Å²) < 4.78 is 2.24. The number of aromatic nitrogens is 2. The van der Waals surface area contributed by atoms with Gasteiger partial charge in [-0.05, 0) is 85.3 Å². The van der Waals surface area contributed by atoms with E-state index in [0.29, 0.717) is 16.5 Å².